The number of nitrogens with zero attached hydrogens (tertiary/aromatic N) is 2. The number of ketones is 2. The fraction of sp³-hybridized carbons (Fsp3) is 0.490. The molecule has 15 nitrogen and oxygen atoms in total. The molecule has 5 N–H and O–H groups in total. The van der Waals surface area contributed by atoms with Crippen LogP contribution in [-0.4, -0.2) is 98.0 Å². The molecule has 4 fully saturated rings. The summed E-state index contributed by atoms with van der Waals surface area (Å²) in [6.45, 7) is 10.4. The van der Waals surface area contributed by atoms with Gasteiger partial charge in [0.05, 0.1) is 18.2 Å². The Morgan fingerprint density at radius 3 is 2.43 bits per heavy atom. The van der Waals surface area contributed by atoms with Gasteiger partial charge in [0.1, 0.15) is 12.4 Å². The van der Waals surface area contributed by atoms with Crippen molar-refractivity contribution in [3.63, 3.8) is 0 Å². The predicted molar refractivity (Wildman–Crippen MR) is 235 cm³/mol. The molecule has 2 aliphatic heterocycles. The number of pyridine rings is 1. The molecule has 1 aromatic heterocycles. The number of hydrogen-bond acceptors (Lipinski definition) is 12. The van der Waals surface area contributed by atoms with Gasteiger partial charge in [0, 0.05) is 78.2 Å². The van der Waals surface area contributed by atoms with E-state index in [1.165, 1.54) is 6.92 Å². The molecule has 4 amide bonds. The summed E-state index contributed by atoms with van der Waals surface area (Å²) >= 11 is 0. The Kier molecular flexibility index (Phi) is 12.2. The number of hydrogen-bond donors (Lipinski definition) is 5. The quantitative estimate of drug-likeness (QED) is 0.154. The van der Waals surface area contributed by atoms with Crippen LogP contribution < -0.4 is 16.0 Å². The van der Waals surface area contributed by atoms with Crippen LogP contribution in [0.4, 0.5) is 15.9 Å². The smallest absolute Gasteiger partial charge is 0.253 e. The highest BCUT2D eigenvalue weighted by Gasteiger charge is 2.79. The molecule has 11 atom stereocenters. The monoisotopic (exact) mass is 893 g/mol. The molecular formula is C49H56FN5O10. The van der Waals surface area contributed by atoms with Gasteiger partial charge in [0.25, 0.3) is 11.8 Å². The second-order valence-electron chi connectivity index (χ2n) is 18.9. The van der Waals surface area contributed by atoms with E-state index in [9.17, 15) is 39.0 Å². The van der Waals surface area contributed by atoms with Crippen LogP contribution >= 0.6 is 0 Å². The number of anilines is 2. The van der Waals surface area contributed by atoms with Crippen LogP contribution in [-0.2, 0) is 44.8 Å². The number of halogens is 1. The SMILES string of the molecule is C=C1C=C[C@@]2(C)C(=C1)CC[C@H]1[C@@H]3C[C@H]4O[C@@H](c5ccc(NCc6ccc(NC(=O)[C@H](C)CC(=O)[C@H](C)NC(=O)CCN7C(=O)C=CC7=O)cc6)nc5)O[C@@]4(C(=O)CO)[C@@]3(C)C[C@H](O)[C@@]12F. The molecule has 4 aliphatic carbocycles. The number of alkyl halides is 1. The van der Waals surface area contributed by atoms with Gasteiger partial charge < -0.3 is 35.6 Å². The average molecular weight is 894 g/mol. The second kappa shape index (κ2) is 17.3. The molecule has 0 spiro atoms. The van der Waals surface area contributed by atoms with Crippen LogP contribution in [0.1, 0.15) is 83.6 Å². The zero-order chi connectivity index (χ0) is 46.6. The van der Waals surface area contributed by atoms with Crippen molar-refractivity contribution in [1.82, 2.24) is 15.2 Å². The lowest BCUT2D eigenvalue weighted by molar-refractivity contribution is -0.231. The zero-order valence-corrected chi connectivity index (χ0v) is 37.0. The number of nitrogens with one attached hydrogen (secondary N) is 3. The molecule has 0 radical (unpaired) electrons. The molecule has 65 heavy (non-hydrogen) atoms. The van der Waals surface area contributed by atoms with Crippen LogP contribution in [0.2, 0.25) is 0 Å². The Morgan fingerprint density at radius 1 is 1.03 bits per heavy atom. The van der Waals surface area contributed by atoms with Crippen LogP contribution in [0.25, 0.3) is 0 Å². The number of aromatic nitrogens is 1. The molecule has 8 rings (SSSR count). The third kappa shape index (κ3) is 7.77. The topological polar surface area (TPSA) is 214 Å². The van der Waals surface area contributed by atoms with Gasteiger partial charge in [0.15, 0.2) is 29.1 Å². The minimum absolute atomic E-state index is 0.0477. The zero-order valence-electron chi connectivity index (χ0n) is 37.0. The number of carbonyl (C=O) groups excluding carboxylic acids is 6. The van der Waals surface area contributed by atoms with E-state index in [4.69, 9.17) is 9.47 Å². The number of Topliss-reactive ketones (excluding diaryl/α,β-unsaturated/α-hetero) is 2. The van der Waals surface area contributed by atoms with Crippen molar-refractivity contribution < 1.29 is 52.8 Å². The van der Waals surface area contributed by atoms with Crippen LogP contribution in [0.3, 0.4) is 0 Å². The summed E-state index contributed by atoms with van der Waals surface area (Å²) < 4.78 is 30.9. The highest BCUT2D eigenvalue weighted by atomic mass is 19.1. The number of ether oxygens (including phenoxy) is 2. The van der Waals surface area contributed by atoms with Crippen molar-refractivity contribution in [3.8, 4) is 0 Å². The van der Waals surface area contributed by atoms with Gasteiger partial charge in [-0.05, 0) is 80.9 Å². The Hall–Kier alpha value is -5.68. The van der Waals surface area contributed by atoms with Gasteiger partial charge in [0.2, 0.25) is 11.8 Å². The predicted octanol–water partition coefficient (Wildman–Crippen LogP) is 4.73. The first-order chi connectivity index (χ1) is 30.8. The lowest BCUT2D eigenvalue weighted by Gasteiger charge is -2.62. The molecule has 3 heterocycles. The van der Waals surface area contributed by atoms with Gasteiger partial charge in [-0.1, -0.05) is 56.4 Å². The number of benzene rings is 1. The third-order valence-electron chi connectivity index (χ3n) is 15.1. The number of carbonyl (C=O) groups is 6. The standard InChI is InChI=1S/C49H56FN5O10/c1-27-16-18-46(4)32(20-27)9-12-34-35-22-39-49(38(59)26-56,47(35,5)23-37(58)48(34,46)50)65-45(64-39)31-8-13-40(52-25-31)51-24-30-6-10-33(11-7-30)54-44(63)28(2)21-36(57)29(3)53-41(60)17-19-55-42(61)14-15-43(55)62/h6-8,10-11,13-16,18,20,25,28-29,34-35,37,39,45,56,58H,1,9,12,17,19,21-24,26H2,2-5H3,(H,51,52)(H,53,60)(H,54,63)/t28-,29+,34+,35+,37+,39-,45-,46+,47+,48+,49-/m1/s1. The van der Waals surface area contributed by atoms with Crippen molar-refractivity contribution in [1.29, 1.82) is 0 Å². The lowest BCUT2D eigenvalue weighted by atomic mass is 9.44. The first kappa shape index (κ1) is 45.9. The number of fused-ring (bicyclic) bond motifs is 7. The molecule has 1 aromatic carbocycles. The first-order valence-electron chi connectivity index (χ1n) is 22.2. The highest BCUT2D eigenvalue weighted by molar-refractivity contribution is 6.13. The largest absolute Gasteiger partial charge is 0.390 e. The minimum atomic E-state index is -1.99. The molecule has 344 valence electrons. The average Bonchev–Trinajstić information content (AvgIpc) is 3.91. The molecule has 6 aliphatic rings. The van der Waals surface area contributed by atoms with Crippen molar-refractivity contribution in [2.45, 2.75) is 109 Å². The number of aliphatic hydroxyl groups is 2. The van der Waals surface area contributed by atoms with Gasteiger partial charge in [-0.2, -0.15) is 0 Å². The summed E-state index contributed by atoms with van der Waals surface area (Å²) in [5.41, 5.74) is -1.99. The fourth-order valence-corrected chi connectivity index (χ4v) is 11.4. The van der Waals surface area contributed by atoms with E-state index in [1.807, 2.05) is 44.2 Å². The van der Waals surface area contributed by atoms with E-state index in [0.717, 1.165) is 33.8 Å². The van der Waals surface area contributed by atoms with E-state index in [0.29, 0.717) is 42.9 Å². The number of aliphatic hydroxyl groups excluding tert-OH is 2. The molecular weight excluding hydrogens is 838 g/mol. The van der Waals surface area contributed by atoms with Crippen molar-refractivity contribution in [3.05, 3.63) is 102 Å². The Labute approximate surface area is 376 Å². The highest BCUT2D eigenvalue weighted by Crippen LogP contribution is 2.72. The summed E-state index contributed by atoms with van der Waals surface area (Å²) in [5.74, 6) is -3.84. The number of rotatable bonds is 15. The first-order valence-corrected chi connectivity index (χ1v) is 22.2. The van der Waals surface area contributed by atoms with Gasteiger partial charge >= 0.3 is 0 Å². The van der Waals surface area contributed by atoms with Gasteiger partial charge in [-0.25, -0.2) is 9.37 Å². The second-order valence-corrected chi connectivity index (χ2v) is 18.9. The minimum Gasteiger partial charge on any atom is -0.390 e. The molecule has 1 saturated heterocycles. The van der Waals surface area contributed by atoms with Crippen LogP contribution in [0.15, 0.2) is 90.7 Å². The summed E-state index contributed by atoms with van der Waals surface area (Å²) in [5, 5.41) is 30.8. The molecule has 0 unspecified atom stereocenters. The number of allylic oxidation sites excluding steroid dienone is 5. The Balaban J connectivity index is 0.835. The van der Waals surface area contributed by atoms with Crippen molar-refractivity contribution in [2.75, 3.05) is 23.8 Å². The summed E-state index contributed by atoms with van der Waals surface area (Å²) in [6.07, 6.45) is 7.38. The Morgan fingerprint density at radius 2 is 1.75 bits per heavy atom. The number of imide groups is 1. The number of amides is 4. The molecule has 2 aromatic rings. The van der Waals surface area contributed by atoms with E-state index in [1.54, 1.807) is 37.4 Å². The van der Waals surface area contributed by atoms with Crippen molar-refractivity contribution >= 4 is 46.7 Å². The fourth-order valence-electron chi connectivity index (χ4n) is 11.4. The molecule has 0 bridgehead atoms. The molecule has 16 heteroatoms. The summed E-state index contributed by atoms with van der Waals surface area (Å²) in [7, 11) is 0. The van der Waals surface area contributed by atoms with E-state index >= 15 is 4.39 Å². The lowest BCUT2D eigenvalue weighted by Crippen LogP contribution is -2.69. The molecule has 3 saturated carbocycles. The maximum absolute atomic E-state index is 17.8. The third-order valence-corrected chi connectivity index (χ3v) is 15.1. The van der Waals surface area contributed by atoms with Gasteiger partial charge in [-0.15, -0.1) is 0 Å². The van der Waals surface area contributed by atoms with Crippen molar-refractivity contribution in [2.24, 2.45) is 28.6 Å². The van der Waals surface area contributed by atoms with Gasteiger partial charge in [-0.3, -0.25) is 33.7 Å². The van der Waals surface area contributed by atoms with E-state index in [2.05, 4.69) is 27.5 Å². The van der Waals surface area contributed by atoms with E-state index in [-0.39, 0.29) is 43.4 Å². The van der Waals surface area contributed by atoms with Crippen LogP contribution in [0, 0.1) is 28.6 Å². The van der Waals surface area contributed by atoms with Crippen LogP contribution in [0.5, 0.6) is 0 Å². The van der Waals surface area contributed by atoms with E-state index < -0.39 is 88.6 Å². The maximum atomic E-state index is 17.8. The summed E-state index contributed by atoms with van der Waals surface area (Å²) in [4.78, 5) is 80.9. The Bertz CT molecular complexity index is 2380. The maximum Gasteiger partial charge on any atom is 0.253 e. The summed E-state index contributed by atoms with van der Waals surface area (Å²) in [6, 6.07) is 9.79. The normalized spacial score (nSPS) is 33.0.